The van der Waals surface area contributed by atoms with E-state index in [2.05, 4.69) is 21.2 Å². The van der Waals surface area contributed by atoms with Gasteiger partial charge in [-0.3, -0.25) is 0 Å². The van der Waals surface area contributed by atoms with E-state index in [0.717, 1.165) is 36.9 Å². The molecule has 1 heterocycles. The van der Waals surface area contributed by atoms with E-state index >= 15 is 0 Å². The van der Waals surface area contributed by atoms with Crippen LogP contribution in [0.25, 0.3) is 0 Å². The van der Waals surface area contributed by atoms with Crippen molar-refractivity contribution in [3.63, 3.8) is 0 Å². The molecule has 5 heteroatoms. The lowest BCUT2D eigenvalue weighted by atomic mass is 10.1. The van der Waals surface area contributed by atoms with Crippen molar-refractivity contribution in [1.29, 1.82) is 0 Å². The molecule has 1 aliphatic heterocycles. The molecule has 1 saturated heterocycles. The maximum absolute atomic E-state index is 13.7. The minimum absolute atomic E-state index is 0.0133. The van der Waals surface area contributed by atoms with Crippen molar-refractivity contribution < 1.29 is 13.9 Å². The largest absolute Gasteiger partial charge is 0.379 e. The predicted octanol–water partition coefficient (Wildman–Crippen LogP) is 3.82. The van der Waals surface area contributed by atoms with Gasteiger partial charge in [-0.1, -0.05) is 15.9 Å². The Morgan fingerprint density at radius 3 is 3.14 bits per heavy atom. The summed E-state index contributed by atoms with van der Waals surface area (Å²) in [4.78, 5) is 0. The molecule has 1 fully saturated rings. The molecule has 1 N–H and O–H groups in total. The number of rotatable bonds is 8. The fourth-order valence-electron chi connectivity index (χ4n) is 2.44. The normalized spacial score (nSPS) is 19.9. The standard InChI is InChI=1S/C16H23BrFNO2/c1-12(15-10-13(17)5-6-16(15)18)19-7-3-8-20-11-14-4-2-9-21-14/h5-6,10,12,14,19H,2-4,7-9,11H2,1H3. The Kier molecular flexibility index (Phi) is 7.10. The topological polar surface area (TPSA) is 30.5 Å². The van der Waals surface area contributed by atoms with E-state index in [-0.39, 0.29) is 18.0 Å². The molecule has 1 aromatic carbocycles. The summed E-state index contributed by atoms with van der Waals surface area (Å²) in [6.45, 7) is 5.04. The van der Waals surface area contributed by atoms with Crippen molar-refractivity contribution in [2.45, 2.75) is 38.3 Å². The number of ether oxygens (including phenoxy) is 2. The van der Waals surface area contributed by atoms with Crippen molar-refractivity contribution in [2.75, 3.05) is 26.4 Å². The van der Waals surface area contributed by atoms with E-state index in [1.807, 2.05) is 13.0 Å². The van der Waals surface area contributed by atoms with Gasteiger partial charge in [0.05, 0.1) is 12.7 Å². The molecule has 21 heavy (non-hydrogen) atoms. The molecule has 2 unspecified atom stereocenters. The molecule has 118 valence electrons. The predicted molar refractivity (Wildman–Crippen MR) is 84.9 cm³/mol. The average molecular weight is 360 g/mol. The summed E-state index contributed by atoms with van der Waals surface area (Å²) in [7, 11) is 0. The Labute approximate surface area is 134 Å². The van der Waals surface area contributed by atoms with Gasteiger partial charge in [0.15, 0.2) is 0 Å². The second-order valence-electron chi connectivity index (χ2n) is 5.41. The minimum atomic E-state index is -0.173. The Morgan fingerprint density at radius 2 is 2.38 bits per heavy atom. The van der Waals surface area contributed by atoms with E-state index in [1.165, 1.54) is 6.07 Å². The highest BCUT2D eigenvalue weighted by Crippen LogP contribution is 2.21. The number of benzene rings is 1. The summed E-state index contributed by atoms with van der Waals surface area (Å²) in [6.07, 6.45) is 3.45. The monoisotopic (exact) mass is 359 g/mol. The van der Waals surface area contributed by atoms with Crippen LogP contribution in [0, 0.1) is 5.82 Å². The molecule has 0 aromatic heterocycles. The maximum Gasteiger partial charge on any atom is 0.128 e. The van der Waals surface area contributed by atoms with Gasteiger partial charge in [0.25, 0.3) is 0 Å². The highest BCUT2D eigenvalue weighted by atomic mass is 79.9. The molecular formula is C16H23BrFNO2. The van der Waals surface area contributed by atoms with Crippen LogP contribution < -0.4 is 5.32 Å². The van der Waals surface area contributed by atoms with Gasteiger partial charge >= 0.3 is 0 Å². The first-order chi connectivity index (χ1) is 10.2. The first-order valence-electron chi connectivity index (χ1n) is 7.54. The highest BCUT2D eigenvalue weighted by molar-refractivity contribution is 9.10. The third-order valence-corrected chi connectivity index (χ3v) is 4.16. The lowest BCUT2D eigenvalue weighted by Crippen LogP contribution is -2.22. The number of hydrogen-bond acceptors (Lipinski definition) is 3. The SMILES string of the molecule is CC(NCCCOCC1CCCO1)c1cc(Br)ccc1F. The van der Waals surface area contributed by atoms with E-state index in [0.29, 0.717) is 18.8 Å². The lowest BCUT2D eigenvalue weighted by molar-refractivity contribution is 0.0165. The smallest absolute Gasteiger partial charge is 0.128 e. The Balaban J connectivity index is 1.60. The zero-order valence-electron chi connectivity index (χ0n) is 12.4. The second kappa shape index (κ2) is 8.83. The van der Waals surface area contributed by atoms with Gasteiger partial charge in [0.2, 0.25) is 0 Å². The Bertz CT molecular complexity index is 438. The molecule has 3 nitrogen and oxygen atoms in total. The zero-order valence-corrected chi connectivity index (χ0v) is 14.0. The average Bonchev–Trinajstić information content (AvgIpc) is 2.98. The van der Waals surface area contributed by atoms with E-state index in [9.17, 15) is 4.39 Å². The molecule has 2 rings (SSSR count). The van der Waals surface area contributed by atoms with Crippen molar-refractivity contribution in [3.8, 4) is 0 Å². The summed E-state index contributed by atoms with van der Waals surface area (Å²) in [5.74, 6) is -0.173. The molecule has 0 spiro atoms. The summed E-state index contributed by atoms with van der Waals surface area (Å²) in [6, 6.07) is 5.01. The summed E-state index contributed by atoms with van der Waals surface area (Å²) in [5, 5.41) is 3.32. The fourth-order valence-corrected chi connectivity index (χ4v) is 2.82. The number of hydrogen-bond donors (Lipinski definition) is 1. The number of halogens is 2. The van der Waals surface area contributed by atoms with Crippen molar-refractivity contribution in [3.05, 3.63) is 34.1 Å². The zero-order chi connectivity index (χ0) is 15.1. The van der Waals surface area contributed by atoms with Crippen molar-refractivity contribution >= 4 is 15.9 Å². The third kappa shape index (κ3) is 5.66. The van der Waals surface area contributed by atoms with E-state index in [4.69, 9.17) is 9.47 Å². The van der Waals surface area contributed by atoms with Crippen LogP contribution in [-0.2, 0) is 9.47 Å². The van der Waals surface area contributed by atoms with Crippen LogP contribution in [0.2, 0.25) is 0 Å². The molecule has 0 radical (unpaired) electrons. The molecule has 1 aliphatic rings. The molecule has 0 saturated carbocycles. The summed E-state index contributed by atoms with van der Waals surface area (Å²) >= 11 is 3.37. The highest BCUT2D eigenvalue weighted by Gasteiger charge is 2.15. The van der Waals surface area contributed by atoms with Gasteiger partial charge in [-0.25, -0.2) is 4.39 Å². The molecular weight excluding hydrogens is 337 g/mol. The quantitative estimate of drug-likeness (QED) is 0.715. The number of nitrogens with one attached hydrogen (secondary N) is 1. The van der Waals surface area contributed by atoms with Crippen LogP contribution in [0.5, 0.6) is 0 Å². The van der Waals surface area contributed by atoms with Crippen LogP contribution >= 0.6 is 15.9 Å². The molecule has 1 aromatic rings. The van der Waals surface area contributed by atoms with Crippen LogP contribution in [-0.4, -0.2) is 32.5 Å². The first kappa shape index (κ1) is 16.9. The third-order valence-electron chi connectivity index (χ3n) is 3.67. The summed E-state index contributed by atoms with van der Waals surface area (Å²) < 4.78 is 25.7. The van der Waals surface area contributed by atoms with Gasteiger partial charge in [-0.15, -0.1) is 0 Å². The Hall–Kier alpha value is -0.490. The van der Waals surface area contributed by atoms with Crippen LogP contribution in [0.15, 0.2) is 22.7 Å². The first-order valence-corrected chi connectivity index (χ1v) is 8.34. The lowest BCUT2D eigenvalue weighted by Gasteiger charge is -2.16. The fraction of sp³-hybridized carbons (Fsp3) is 0.625. The molecule has 0 bridgehead atoms. The van der Waals surface area contributed by atoms with Gasteiger partial charge in [-0.05, 0) is 50.9 Å². The van der Waals surface area contributed by atoms with Gasteiger partial charge in [0, 0.05) is 29.3 Å². The van der Waals surface area contributed by atoms with Crippen LogP contribution in [0.3, 0.4) is 0 Å². The van der Waals surface area contributed by atoms with Crippen LogP contribution in [0.1, 0.15) is 37.8 Å². The minimum Gasteiger partial charge on any atom is -0.379 e. The van der Waals surface area contributed by atoms with Crippen molar-refractivity contribution in [1.82, 2.24) is 5.32 Å². The molecule has 0 amide bonds. The Morgan fingerprint density at radius 1 is 1.52 bits per heavy atom. The molecule has 2 atom stereocenters. The van der Waals surface area contributed by atoms with Crippen molar-refractivity contribution in [2.24, 2.45) is 0 Å². The maximum atomic E-state index is 13.7. The van der Waals surface area contributed by atoms with E-state index < -0.39 is 0 Å². The second-order valence-corrected chi connectivity index (χ2v) is 6.32. The van der Waals surface area contributed by atoms with Gasteiger partial charge in [0.1, 0.15) is 5.82 Å². The van der Waals surface area contributed by atoms with Gasteiger partial charge in [-0.2, -0.15) is 0 Å². The summed E-state index contributed by atoms with van der Waals surface area (Å²) in [5.41, 5.74) is 0.685. The van der Waals surface area contributed by atoms with E-state index in [1.54, 1.807) is 6.07 Å². The molecule has 0 aliphatic carbocycles. The van der Waals surface area contributed by atoms with Crippen LogP contribution in [0.4, 0.5) is 4.39 Å². The van der Waals surface area contributed by atoms with Gasteiger partial charge < -0.3 is 14.8 Å².